The van der Waals surface area contributed by atoms with E-state index in [2.05, 4.69) is 20.2 Å². The van der Waals surface area contributed by atoms with E-state index in [0.717, 1.165) is 30.1 Å². The van der Waals surface area contributed by atoms with E-state index in [0.29, 0.717) is 47.5 Å². The van der Waals surface area contributed by atoms with Crippen molar-refractivity contribution >= 4 is 16.6 Å². The zero-order valence-electron chi connectivity index (χ0n) is 19.8. The lowest BCUT2D eigenvalue weighted by Gasteiger charge is -2.43. The van der Waals surface area contributed by atoms with E-state index < -0.39 is 11.6 Å². The maximum atomic E-state index is 14.3. The summed E-state index contributed by atoms with van der Waals surface area (Å²) in [6.07, 6.45) is 5.29. The van der Waals surface area contributed by atoms with Crippen LogP contribution in [-0.4, -0.2) is 53.5 Å². The van der Waals surface area contributed by atoms with Gasteiger partial charge in [0.1, 0.15) is 29.0 Å². The first-order valence-electron chi connectivity index (χ1n) is 12.1. The standard InChI is InChI=1S/C28H23F2N5O2/c29-19-7-17(8-20(30)10-19)22-14-34-24-2-1-16(23-13-32-12-18(11-31)28(23)36)9-21(24)27(22)35-5-3-25-26(15-35)37-6-4-33-25/h1-2,7-10,12-14,25-26,33H,3-6,15H2,(H,32,36). The van der Waals surface area contributed by atoms with Crippen LogP contribution in [0, 0.1) is 23.0 Å². The zero-order valence-corrected chi connectivity index (χ0v) is 19.8. The van der Waals surface area contributed by atoms with E-state index in [9.17, 15) is 19.1 Å². The van der Waals surface area contributed by atoms with Crippen molar-refractivity contribution in [3.05, 3.63) is 72.2 Å². The number of aromatic nitrogens is 2. The Bertz CT molecular complexity index is 1530. The number of hydrogen-bond acceptors (Lipinski definition) is 7. The third kappa shape index (κ3) is 4.24. The van der Waals surface area contributed by atoms with E-state index in [4.69, 9.17) is 4.74 Å². The van der Waals surface area contributed by atoms with Gasteiger partial charge < -0.3 is 20.1 Å². The molecule has 0 amide bonds. The van der Waals surface area contributed by atoms with E-state index in [1.54, 1.807) is 12.3 Å². The summed E-state index contributed by atoms with van der Waals surface area (Å²) in [5.74, 6) is -1.49. The Morgan fingerprint density at radius 3 is 2.70 bits per heavy atom. The molecule has 6 rings (SSSR count). The number of nitriles is 1. The van der Waals surface area contributed by atoms with Crippen LogP contribution >= 0.6 is 0 Å². The number of rotatable bonds is 3. The second-order valence-electron chi connectivity index (χ2n) is 9.31. The number of piperidine rings is 1. The smallest absolute Gasteiger partial charge is 0.144 e. The second kappa shape index (κ2) is 9.39. The quantitative estimate of drug-likeness (QED) is 0.432. The summed E-state index contributed by atoms with van der Waals surface area (Å²) < 4.78 is 34.6. The van der Waals surface area contributed by atoms with Crippen molar-refractivity contribution in [2.24, 2.45) is 0 Å². The molecule has 2 aromatic carbocycles. The van der Waals surface area contributed by atoms with Crippen molar-refractivity contribution in [1.82, 2.24) is 15.3 Å². The topological polar surface area (TPSA) is 94.3 Å². The number of nitrogens with zero attached hydrogens (tertiary/aromatic N) is 4. The first-order valence-corrected chi connectivity index (χ1v) is 12.1. The molecule has 2 aromatic heterocycles. The fourth-order valence-corrected chi connectivity index (χ4v) is 5.33. The molecule has 4 heterocycles. The van der Waals surface area contributed by atoms with Crippen molar-refractivity contribution < 1.29 is 18.6 Å². The van der Waals surface area contributed by atoms with Crippen molar-refractivity contribution in [2.75, 3.05) is 31.1 Å². The Hall–Kier alpha value is -4.13. The van der Waals surface area contributed by atoms with Gasteiger partial charge in [-0.15, -0.1) is 0 Å². The number of anilines is 1. The van der Waals surface area contributed by atoms with Crippen LogP contribution in [0.5, 0.6) is 5.75 Å². The molecule has 2 saturated heterocycles. The maximum Gasteiger partial charge on any atom is 0.144 e. The van der Waals surface area contributed by atoms with E-state index in [1.807, 2.05) is 18.2 Å². The van der Waals surface area contributed by atoms with Gasteiger partial charge in [0, 0.05) is 66.8 Å². The van der Waals surface area contributed by atoms with Gasteiger partial charge in [0.15, 0.2) is 0 Å². The van der Waals surface area contributed by atoms with E-state index >= 15 is 0 Å². The van der Waals surface area contributed by atoms with Gasteiger partial charge in [-0.1, -0.05) is 6.07 Å². The number of benzene rings is 2. The fourth-order valence-electron chi connectivity index (χ4n) is 5.33. The highest BCUT2D eigenvalue weighted by molar-refractivity contribution is 6.02. The first kappa shape index (κ1) is 23.3. The number of nitrogens with one attached hydrogen (secondary N) is 1. The summed E-state index contributed by atoms with van der Waals surface area (Å²) in [6, 6.07) is 11.2. The Kier molecular flexibility index (Phi) is 5.91. The number of pyridine rings is 2. The SMILES string of the molecule is N#Cc1cncc(-c2ccc3ncc(-c4cc(F)cc(F)c4)c(N4CCC5NCCOC5C4)c3c2)c1O. The molecule has 0 spiro atoms. The Balaban J connectivity index is 1.56. The van der Waals surface area contributed by atoms with Crippen molar-refractivity contribution in [2.45, 2.75) is 18.6 Å². The van der Waals surface area contributed by atoms with Crippen molar-refractivity contribution in [3.63, 3.8) is 0 Å². The lowest BCUT2D eigenvalue weighted by molar-refractivity contribution is -0.00896. The lowest BCUT2D eigenvalue weighted by Crippen LogP contribution is -2.57. The van der Waals surface area contributed by atoms with Crippen LogP contribution in [0.2, 0.25) is 0 Å². The minimum Gasteiger partial charge on any atom is -0.506 e. The molecule has 2 fully saturated rings. The number of morpholine rings is 1. The van der Waals surface area contributed by atoms with Gasteiger partial charge >= 0.3 is 0 Å². The summed E-state index contributed by atoms with van der Waals surface area (Å²) in [5, 5.41) is 24.3. The highest BCUT2D eigenvalue weighted by Gasteiger charge is 2.33. The summed E-state index contributed by atoms with van der Waals surface area (Å²) >= 11 is 0. The Morgan fingerprint density at radius 1 is 1.05 bits per heavy atom. The molecule has 9 heteroatoms. The van der Waals surface area contributed by atoms with Crippen LogP contribution in [-0.2, 0) is 4.74 Å². The van der Waals surface area contributed by atoms with Crippen LogP contribution < -0.4 is 10.2 Å². The second-order valence-corrected chi connectivity index (χ2v) is 9.31. The molecular formula is C28H23F2N5O2. The number of ether oxygens (including phenoxy) is 1. The van der Waals surface area contributed by atoms with Crippen LogP contribution in [0.4, 0.5) is 14.5 Å². The molecule has 2 aliphatic heterocycles. The van der Waals surface area contributed by atoms with E-state index in [-0.39, 0.29) is 23.5 Å². The molecule has 37 heavy (non-hydrogen) atoms. The van der Waals surface area contributed by atoms with Crippen LogP contribution in [0.1, 0.15) is 12.0 Å². The molecule has 0 saturated carbocycles. The minimum absolute atomic E-state index is 0.0217. The summed E-state index contributed by atoms with van der Waals surface area (Å²) in [7, 11) is 0. The largest absolute Gasteiger partial charge is 0.506 e. The number of fused-ring (bicyclic) bond motifs is 2. The van der Waals surface area contributed by atoms with Gasteiger partial charge in [-0.25, -0.2) is 8.78 Å². The van der Waals surface area contributed by atoms with Crippen LogP contribution in [0.25, 0.3) is 33.2 Å². The lowest BCUT2D eigenvalue weighted by atomic mass is 9.94. The predicted molar refractivity (Wildman–Crippen MR) is 135 cm³/mol. The normalized spacial score (nSPS) is 19.4. The predicted octanol–water partition coefficient (Wildman–Crippen LogP) is 4.39. The Morgan fingerprint density at radius 2 is 1.89 bits per heavy atom. The highest BCUT2D eigenvalue weighted by atomic mass is 19.1. The van der Waals surface area contributed by atoms with Gasteiger partial charge in [0.2, 0.25) is 0 Å². The average Bonchev–Trinajstić information content (AvgIpc) is 2.91. The molecule has 2 unspecified atom stereocenters. The fraction of sp³-hybridized carbons (Fsp3) is 0.250. The van der Waals surface area contributed by atoms with Crippen molar-refractivity contribution in [3.8, 4) is 34.1 Å². The Labute approximate surface area is 212 Å². The van der Waals surface area contributed by atoms with Gasteiger partial charge in [0.25, 0.3) is 0 Å². The molecule has 0 aliphatic carbocycles. The number of aromatic hydroxyl groups is 1. The monoisotopic (exact) mass is 499 g/mol. The average molecular weight is 500 g/mol. The summed E-state index contributed by atoms with van der Waals surface area (Å²) in [6.45, 7) is 2.75. The number of hydrogen-bond donors (Lipinski definition) is 2. The van der Waals surface area contributed by atoms with E-state index in [1.165, 1.54) is 24.5 Å². The zero-order chi connectivity index (χ0) is 25.5. The van der Waals surface area contributed by atoms with Crippen LogP contribution in [0.15, 0.2) is 55.0 Å². The molecule has 0 radical (unpaired) electrons. The summed E-state index contributed by atoms with van der Waals surface area (Å²) in [4.78, 5) is 10.9. The molecule has 2 N–H and O–H groups in total. The third-order valence-corrected chi connectivity index (χ3v) is 7.08. The molecule has 7 nitrogen and oxygen atoms in total. The van der Waals surface area contributed by atoms with Gasteiger partial charge in [-0.05, 0) is 41.8 Å². The third-order valence-electron chi connectivity index (χ3n) is 7.08. The van der Waals surface area contributed by atoms with Crippen LogP contribution in [0.3, 0.4) is 0 Å². The molecular weight excluding hydrogens is 476 g/mol. The summed E-state index contributed by atoms with van der Waals surface area (Å²) in [5.41, 5.74) is 3.58. The van der Waals surface area contributed by atoms with Crippen molar-refractivity contribution in [1.29, 1.82) is 5.26 Å². The van der Waals surface area contributed by atoms with Gasteiger partial charge in [-0.3, -0.25) is 9.97 Å². The number of halogens is 2. The van der Waals surface area contributed by atoms with Gasteiger partial charge in [0.05, 0.1) is 23.9 Å². The first-order chi connectivity index (χ1) is 18.0. The minimum atomic E-state index is -0.669. The molecule has 186 valence electrons. The highest BCUT2D eigenvalue weighted by Crippen LogP contribution is 2.41. The molecule has 0 bridgehead atoms. The molecule has 2 atom stereocenters. The van der Waals surface area contributed by atoms with Gasteiger partial charge in [-0.2, -0.15) is 5.26 Å². The molecule has 4 aromatic rings. The molecule has 2 aliphatic rings. The maximum absolute atomic E-state index is 14.3.